The highest BCUT2D eigenvalue weighted by atomic mass is 19.2. The number of rotatable bonds is 8. The number of likely N-dealkylation sites (tertiary alicyclic amines) is 1. The van der Waals surface area contributed by atoms with Gasteiger partial charge in [-0.3, -0.25) is 14.5 Å². The standard InChI is InChI=1S/C23H29F2N5O2/c1-15(30-9-3-2-4-10-30)22(31)29-20(12-16-5-7-18(24)19(25)11-16)23(32)28-14-17-6-8-21(26)27-13-17/h5-8,11,13,15,20H,2-4,9-10,12,14H2,1H3,(H2,26,27)(H,28,32)(H,29,31)/t15-,20?/m0/s1. The zero-order valence-electron chi connectivity index (χ0n) is 18.1. The molecule has 9 heteroatoms. The van der Waals surface area contributed by atoms with Crippen LogP contribution in [0.5, 0.6) is 0 Å². The van der Waals surface area contributed by atoms with E-state index in [4.69, 9.17) is 5.73 Å². The number of anilines is 1. The molecule has 0 bridgehead atoms. The maximum atomic E-state index is 13.7. The number of carbonyl (C=O) groups is 2. The molecule has 2 atom stereocenters. The Labute approximate surface area is 186 Å². The minimum Gasteiger partial charge on any atom is -0.384 e. The molecule has 1 aliphatic heterocycles. The topological polar surface area (TPSA) is 100 Å². The molecule has 1 aromatic heterocycles. The van der Waals surface area contributed by atoms with Gasteiger partial charge in [-0.25, -0.2) is 13.8 Å². The van der Waals surface area contributed by atoms with E-state index in [-0.39, 0.29) is 18.9 Å². The van der Waals surface area contributed by atoms with Crippen LogP contribution in [0.1, 0.15) is 37.3 Å². The van der Waals surface area contributed by atoms with E-state index < -0.39 is 29.6 Å². The number of amides is 2. The highest BCUT2D eigenvalue weighted by Gasteiger charge is 2.28. The highest BCUT2D eigenvalue weighted by molar-refractivity contribution is 5.89. The third-order valence-electron chi connectivity index (χ3n) is 5.69. The third-order valence-corrected chi connectivity index (χ3v) is 5.69. The molecule has 0 aliphatic carbocycles. The minimum atomic E-state index is -0.998. The zero-order chi connectivity index (χ0) is 23.1. The summed E-state index contributed by atoms with van der Waals surface area (Å²) in [6.07, 6.45) is 4.79. The molecule has 1 fully saturated rings. The zero-order valence-corrected chi connectivity index (χ0v) is 18.1. The number of carbonyl (C=O) groups excluding carboxylic acids is 2. The molecular formula is C23H29F2N5O2. The summed E-state index contributed by atoms with van der Waals surface area (Å²) in [6.45, 7) is 3.67. The Kier molecular flexibility index (Phi) is 8.10. The molecule has 1 unspecified atom stereocenters. The van der Waals surface area contributed by atoms with Gasteiger partial charge in [0.25, 0.3) is 0 Å². The van der Waals surface area contributed by atoms with E-state index in [2.05, 4.69) is 20.5 Å². The summed E-state index contributed by atoms with van der Waals surface area (Å²) in [6, 6.07) is 5.49. The van der Waals surface area contributed by atoms with Crippen LogP contribution >= 0.6 is 0 Å². The Balaban J connectivity index is 1.70. The molecule has 0 saturated carbocycles. The minimum absolute atomic E-state index is 0.0292. The lowest BCUT2D eigenvalue weighted by Crippen LogP contribution is -2.54. The average Bonchev–Trinajstić information content (AvgIpc) is 2.80. The highest BCUT2D eigenvalue weighted by Crippen LogP contribution is 2.14. The Morgan fingerprint density at radius 3 is 2.44 bits per heavy atom. The molecule has 32 heavy (non-hydrogen) atoms. The SMILES string of the molecule is C[C@@H](C(=O)NC(Cc1ccc(F)c(F)c1)C(=O)NCc1ccc(N)nc1)N1CCCCC1. The predicted molar refractivity (Wildman–Crippen MR) is 117 cm³/mol. The van der Waals surface area contributed by atoms with Gasteiger partial charge in [-0.15, -0.1) is 0 Å². The Bertz CT molecular complexity index is 932. The number of halogens is 2. The van der Waals surface area contributed by atoms with Crippen molar-refractivity contribution in [1.82, 2.24) is 20.5 Å². The molecule has 1 aromatic carbocycles. The van der Waals surface area contributed by atoms with Crippen LogP contribution < -0.4 is 16.4 Å². The molecule has 0 spiro atoms. The van der Waals surface area contributed by atoms with Gasteiger partial charge in [0.2, 0.25) is 11.8 Å². The summed E-state index contributed by atoms with van der Waals surface area (Å²) >= 11 is 0. The number of benzene rings is 1. The van der Waals surface area contributed by atoms with Gasteiger partial charge < -0.3 is 16.4 Å². The quantitative estimate of drug-likeness (QED) is 0.578. The monoisotopic (exact) mass is 445 g/mol. The van der Waals surface area contributed by atoms with E-state index in [9.17, 15) is 18.4 Å². The number of piperidine rings is 1. The molecule has 4 N–H and O–H groups in total. The number of hydrogen-bond donors (Lipinski definition) is 3. The number of nitrogens with zero attached hydrogens (tertiary/aromatic N) is 2. The van der Waals surface area contributed by atoms with Crippen molar-refractivity contribution in [2.24, 2.45) is 0 Å². The van der Waals surface area contributed by atoms with Gasteiger partial charge in [0, 0.05) is 19.2 Å². The fraction of sp³-hybridized carbons (Fsp3) is 0.435. The smallest absolute Gasteiger partial charge is 0.243 e. The van der Waals surface area contributed by atoms with Gasteiger partial charge in [-0.2, -0.15) is 0 Å². The Hall–Kier alpha value is -3.07. The molecule has 1 saturated heterocycles. The number of nitrogens with one attached hydrogen (secondary N) is 2. The van der Waals surface area contributed by atoms with Crippen LogP contribution in [0, 0.1) is 11.6 Å². The van der Waals surface area contributed by atoms with Crippen molar-refractivity contribution in [2.45, 2.75) is 51.2 Å². The Morgan fingerprint density at radius 2 is 1.78 bits per heavy atom. The van der Waals surface area contributed by atoms with Crippen LogP contribution in [0.3, 0.4) is 0 Å². The molecule has 3 rings (SSSR count). The van der Waals surface area contributed by atoms with Crippen molar-refractivity contribution in [1.29, 1.82) is 0 Å². The predicted octanol–water partition coefficient (Wildman–Crippen LogP) is 2.16. The molecule has 1 aliphatic rings. The first-order valence-corrected chi connectivity index (χ1v) is 10.8. The van der Waals surface area contributed by atoms with Crippen molar-refractivity contribution < 1.29 is 18.4 Å². The molecular weight excluding hydrogens is 416 g/mol. The van der Waals surface area contributed by atoms with Crippen LogP contribution in [0.25, 0.3) is 0 Å². The average molecular weight is 446 g/mol. The molecule has 2 amide bonds. The lowest BCUT2D eigenvalue weighted by molar-refractivity contribution is -0.132. The second kappa shape index (κ2) is 11.0. The number of pyridine rings is 1. The van der Waals surface area contributed by atoms with Gasteiger partial charge in [0.15, 0.2) is 11.6 Å². The summed E-state index contributed by atoms with van der Waals surface area (Å²) in [4.78, 5) is 31.9. The van der Waals surface area contributed by atoms with Gasteiger partial charge in [0.1, 0.15) is 11.9 Å². The first-order chi connectivity index (χ1) is 15.3. The number of hydrogen-bond acceptors (Lipinski definition) is 5. The van der Waals surface area contributed by atoms with Gasteiger partial charge in [-0.1, -0.05) is 18.6 Å². The van der Waals surface area contributed by atoms with Gasteiger partial charge in [0.05, 0.1) is 6.04 Å². The summed E-state index contributed by atoms with van der Waals surface area (Å²) in [7, 11) is 0. The summed E-state index contributed by atoms with van der Waals surface area (Å²) in [5, 5.41) is 5.57. The third kappa shape index (κ3) is 6.46. The molecule has 7 nitrogen and oxygen atoms in total. The van der Waals surface area contributed by atoms with Crippen LogP contribution in [0.4, 0.5) is 14.6 Å². The largest absolute Gasteiger partial charge is 0.384 e. The van der Waals surface area contributed by atoms with Crippen LogP contribution in [-0.2, 0) is 22.6 Å². The maximum Gasteiger partial charge on any atom is 0.243 e. The first-order valence-electron chi connectivity index (χ1n) is 10.8. The van der Waals surface area contributed by atoms with Crippen molar-refractivity contribution in [3.05, 3.63) is 59.3 Å². The fourth-order valence-corrected chi connectivity index (χ4v) is 3.73. The number of aromatic nitrogens is 1. The molecule has 2 heterocycles. The number of nitrogen functional groups attached to an aromatic ring is 1. The van der Waals surface area contributed by atoms with E-state index in [0.717, 1.165) is 50.0 Å². The lowest BCUT2D eigenvalue weighted by Gasteiger charge is -2.32. The molecule has 0 radical (unpaired) electrons. The second-order valence-corrected chi connectivity index (χ2v) is 8.10. The lowest BCUT2D eigenvalue weighted by atomic mass is 10.0. The van der Waals surface area contributed by atoms with Crippen LogP contribution in [0.15, 0.2) is 36.5 Å². The van der Waals surface area contributed by atoms with Crippen molar-refractivity contribution in [3.8, 4) is 0 Å². The Morgan fingerprint density at radius 1 is 1.06 bits per heavy atom. The van der Waals surface area contributed by atoms with Gasteiger partial charge >= 0.3 is 0 Å². The molecule has 2 aromatic rings. The van der Waals surface area contributed by atoms with Crippen molar-refractivity contribution in [3.63, 3.8) is 0 Å². The summed E-state index contributed by atoms with van der Waals surface area (Å²) in [5.74, 6) is -2.29. The van der Waals surface area contributed by atoms with E-state index in [0.29, 0.717) is 11.4 Å². The van der Waals surface area contributed by atoms with Crippen molar-refractivity contribution in [2.75, 3.05) is 18.8 Å². The second-order valence-electron chi connectivity index (χ2n) is 8.10. The van der Waals surface area contributed by atoms with E-state index in [1.165, 1.54) is 6.07 Å². The normalized spacial score (nSPS) is 16.2. The summed E-state index contributed by atoms with van der Waals surface area (Å²) in [5.41, 5.74) is 6.73. The van der Waals surface area contributed by atoms with E-state index in [1.807, 2.05) is 6.92 Å². The van der Waals surface area contributed by atoms with E-state index >= 15 is 0 Å². The van der Waals surface area contributed by atoms with Crippen LogP contribution in [-0.4, -0.2) is 46.9 Å². The van der Waals surface area contributed by atoms with Gasteiger partial charge in [-0.05, 0) is 62.2 Å². The van der Waals surface area contributed by atoms with Crippen LogP contribution in [0.2, 0.25) is 0 Å². The summed E-state index contributed by atoms with van der Waals surface area (Å²) < 4.78 is 27.0. The maximum absolute atomic E-state index is 13.7. The fourth-order valence-electron chi connectivity index (χ4n) is 3.73. The van der Waals surface area contributed by atoms with E-state index in [1.54, 1.807) is 18.3 Å². The number of nitrogens with two attached hydrogens (primary N) is 1. The van der Waals surface area contributed by atoms with Crippen molar-refractivity contribution >= 4 is 17.6 Å². The molecule has 172 valence electrons. The first kappa shape index (κ1) is 23.6.